The normalized spacial score (nSPS) is 5.80. The molecule has 0 N–H and O–H groups in total. The van der Waals surface area contributed by atoms with Crippen molar-refractivity contribution in [2.24, 2.45) is 0 Å². The van der Waals surface area contributed by atoms with Crippen molar-refractivity contribution in [3.05, 3.63) is 0 Å². The molecule has 0 heterocycles. The first kappa shape index (κ1) is 36.2. The molecule has 10 heteroatoms. The van der Waals surface area contributed by atoms with E-state index in [1.165, 1.54) is 0 Å². The summed E-state index contributed by atoms with van der Waals surface area (Å²) in [4.78, 5) is 0. The van der Waals surface area contributed by atoms with Gasteiger partial charge in [0, 0.05) is 0 Å². The second kappa shape index (κ2) is 19.8. The molecule has 10 heavy (non-hydrogen) atoms. The molecular weight excluding hydrogens is 227 g/mol. The number of rotatable bonds is 0. The van der Waals surface area contributed by atoms with Gasteiger partial charge in [0.25, 0.3) is 0 Å². The molecule has 0 aromatic carbocycles. The van der Waals surface area contributed by atoms with Crippen LogP contribution >= 0.6 is 0 Å². The molecule has 0 unspecified atom stereocenters. The van der Waals surface area contributed by atoms with E-state index in [0.29, 0.717) is 0 Å². The monoisotopic (exact) mass is 227 g/mol. The van der Waals surface area contributed by atoms with Crippen LogP contribution < -0.4 is 148 Å². The van der Waals surface area contributed by atoms with Crippen molar-refractivity contribution >= 4 is 20.2 Å². The smallest absolute Gasteiger partial charge is 0.780 e. The Morgan fingerprint density at radius 1 is 0.900 bits per heavy atom. The fourth-order valence-corrected chi connectivity index (χ4v) is 0. The fraction of sp³-hybridized carbons (Fsp3) is 0. The van der Waals surface area contributed by atoms with Crippen molar-refractivity contribution in [3.8, 4) is 0 Å². The maximum absolute atomic E-state index is 8.89. The Morgan fingerprint density at radius 2 is 0.900 bits per heavy atom. The Morgan fingerprint density at radius 3 is 0.900 bits per heavy atom. The van der Waals surface area contributed by atoms with Crippen molar-refractivity contribution in [1.29, 1.82) is 0 Å². The van der Waals surface area contributed by atoms with Gasteiger partial charge in [0.2, 0.25) is 0 Å². The molecule has 0 amide bonds. The van der Waals surface area contributed by atoms with Crippen LogP contribution in [-0.4, -0.2) is 13.3 Å². The van der Waals surface area contributed by atoms with Crippen LogP contribution in [0.4, 0.5) is 0 Å². The van der Waals surface area contributed by atoms with Gasteiger partial charge in [-0.1, -0.05) is 0 Å². The van der Waals surface area contributed by atoms with E-state index in [-0.39, 0.29) is 148 Å². The van der Waals surface area contributed by atoms with Crippen LogP contribution in [0, 0.1) is 0 Å². The van der Waals surface area contributed by atoms with Gasteiger partial charge in [-0.3, -0.25) is 4.21 Å². The van der Waals surface area contributed by atoms with Crippen LogP contribution in [-0.2, 0) is 20.2 Å². The van der Waals surface area contributed by atoms with Gasteiger partial charge in [-0.05, 0) is 11.2 Å². The summed E-state index contributed by atoms with van der Waals surface area (Å²) in [7, 11) is -4.33. The summed E-state index contributed by atoms with van der Waals surface area (Å²) in [5, 5.41) is 0. The minimum Gasteiger partial charge on any atom is -0.780 e. The van der Waals surface area contributed by atoms with Gasteiger partial charge in [-0.25, -0.2) is 0 Å². The van der Waals surface area contributed by atoms with Gasteiger partial charge >= 0.3 is 148 Å². The van der Waals surface area contributed by atoms with Gasteiger partial charge in [0.05, 0.1) is 0 Å². The molecule has 32 valence electrons. The summed E-state index contributed by atoms with van der Waals surface area (Å²) in [6, 6.07) is 0. The van der Waals surface area contributed by atoms with E-state index in [9.17, 15) is 0 Å². The molecule has 0 saturated heterocycles. The molecule has 0 saturated carbocycles. The largest absolute Gasteiger partial charge is 1.00 e. The topological polar surface area (TPSA) is 63.2 Å². The first-order valence-corrected chi connectivity index (χ1v) is 3.00. The van der Waals surface area contributed by atoms with E-state index in [1.807, 2.05) is 0 Å². The van der Waals surface area contributed by atoms with Gasteiger partial charge in [0.1, 0.15) is 0 Å². The number of hydrogen-bond acceptors (Lipinski definition) is 4. The zero-order valence-corrected chi connectivity index (χ0v) is 18.7. The van der Waals surface area contributed by atoms with Crippen LogP contribution in [0.15, 0.2) is 0 Å². The summed E-state index contributed by atoms with van der Waals surface area (Å²) in [6.07, 6.45) is 0. The van der Waals surface area contributed by atoms with Crippen LogP contribution in [0.3, 0.4) is 0 Å². The predicted molar refractivity (Wildman–Crippen MR) is 17.1 cm³/mol. The minimum absolute atomic E-state index is 0. The average molecular weight is 227 g/mol. The van der Waals surface area contributed by atoms with Crippen LogP contribution in [0.1, 0.15) is 0 Å². The van der Waals surface area contributed by atoms with E-state index in [1.54, 1.807) is 0 Å². The van der Waals surface area contributed by atoms with E-state index < -0.39 is 9.05 Å². The summed E-state index contributed by atoms with van der Waals surface area (Å²) in [5.74, 6) is 0. The molecule has 0 aliphatic carbocycles. The van der Waals surface area contributed by atoms with Gasteiger partial charge in [-0.15, -0.1) is 9.05 Å². The molecule has 0 fully saturated rings. The van der Waals surface area contributed by atoms with Crippen LogP contribution in [0.2, 0.25) is 0 Å². The SMILES string of the molecule is O=S([O-])([O-])=S.[Na+].[Na+].[Na+].[Na+].[Na+]. The molecule has 0 aliphatic heterocycles. The van der Waals surface area contributed by atoms with Crippen molar-refractivity contribution < 1.29 is 161 Å². The first-order chi connectivity index (χ1) is 2.00. The summed E-state index contributed by atoms with van der Waals surface area (Å²) in [5.41, 5.74) is 0. The Kier molecular flexibility index (Phi) is 71.6. The Bertz CT molecular complexity index is 98.1. The molecule has 0 aromatic rings. The van der Waals surface area contributed by atoms with Crippen molar-refractivity contribution in [1.82, 2.24) is 0 Å². The summed E-state index contributed by atoms with van der Waals surface area (Å²) < 4.78 is 26.7. The second-order valence-corrected chi connectivity index (χ2v) is 2.45. The maximum Gasteiger partial charge on any atom is 1.00 e. The molecule has 0 radical (unpaired) electrons. The van der Waals surface area contributed by atoms with E-state index in [0.717, 1.165) is 0 Å². The van der Waals surface area contributed by atoms with Gasteiger partial charge < -0.3 is 9.11 Å². The van der Waals surface area contributed by atoms with E-state index in [4.69, 9.17) is 13.3 Å². The van der Waals surface area contributed by atoms with Crippen LogP contribution in [0.25, 0.3) is 0 Å². The standard InChI is InChI=1S/5Na.H2O3S2/c;;;;;1-5(2,3)4/h;;;;;(H2,1,2,3,4)/q5*+1;/p-2. The van der Waals surface area contributed by atoms with E-state index in [2.05, 4.69) is 11.2 Å². The Labute approximate surface area is 176 Å². The first-order valence-electron chi connectivity index (χ1n) is 0.667. The van der Waals surface area contributed by atoms with Crippen molar-refractivity contribution in [2.45, 2.75) is 0 Å². The summed E-state index contributed by atoms with van der Waals surface area (Å²) >= 11 is 3.24. The van der Waals surface area contributed by atoms with Crippen LogP contribution in [0.5, 0.6) is 0 Å². The molecule has 0 aromatic heterocycles. The summed E-state index contributed by atoms with van der Waals surface area (Å²) in [6.45, 7) is 0. The zero-order chi connectivity index (χ0) is 4.50. The molecule has 3 nitrogen and oxygen atoms in total. The molecule has 0 spiro atoms. The second-order valence-electron chi connectivity index (χ2n) is 0.408. The third-order valence-electron chi connectivity index (χ3n) is 0. The Balaban J connectivity index is -0.00000000800. The average Bonchev–Trinajstić information content (AvgIpc) is 0.722. The molecule has 0 aliphatic rings. The molecular formula is Na5O3S2+3. The maximum atomic E-state index is 8.89. The molecule has 0 bridgehead atoms. The van der Waals surface area contributed by atoms with E-state index >= 15 is 0 Å². The third-order valence-corrected chi connectivity index (χ3v) is 0. The number of hydrogen-bond donors (Lipinski definition) is 0. The minimum atomic E-state index is -4.33. The Hall–Kier alpha value is 5.29. The van der Waals surface area contributed by atoms with Crippen molar-refractivity contribution in [3.63, 3.8) is 0 Å². The van der Waals surface area contributed by atoms with Gasteiger partial charge in [-0.2, -0.15) is 0 Å². The quantitative estimate of drug-likeness (QED) is 0.385. The van der Waals surface area contributed by atoms with Gasteiger partial charge in [0.15, 0.2) is 0 Å². The zero-order valence-electron chi connectivity index (χ0n) is 7.04. The third kappa shape index (κ3) is 71.7. The fourth-order valence-electron chi connectivity index (χ4n) is 0. The molecule has 0 rings (SSSR count). The van der Waals surface area contributed by atoms with Crippen molar-refractivity contribution in [2.75, 3.05) is 0 Å². The molecule has 0 atom stereocenters. The predicted octanol–water partition coefficient (Wildman–Crippen LogP) is -16.0.